The third kappa shape index (κ3) is 2.42. The summed E-state index contributed by atoms with van der Waals surface area (Å²) in [6.07, 6.45) is 1.42. The summed E-state index contributed by atoms with van der Waals surface area (Å²) < 4.78 is 0. The van der Waals surface area contributed by atoms with Gasteiger partial charge in [-0.2, -0.15) is 5.26 Å². The van der Waals surface area contributed by atoms with Gasteiger partial charge in [-0.1, -0.05) is 0 Å². The van der Waals surface area contributed by atoms with Crippen LogP contribution in [0.25, 0.3) is 0 Å². The van der Waals surface area contributed by atoms with Gasteiger partial charge in [0.1, 0.15) is 0 Å². The highest BCUT2D eigenvalue weighted by Crippen LogP contribution is 2.02. The third-order valence-electron chi connectivity index (χ3n) is 1.39. The molecule has 0 aliphatic rings. The fourth-order valence-corrected chi connectivity index (χ4v) is 0.475. The molecule has 0 heterocycles. The number of rotatable bonds is 2. The number of carbonyl (C=O) groups excluding carboxylic acids is 1. The summed E-state index contributed by atoms with van der Waals surface area (Å²) in [5, 5.41) is 18.3. The van der Waals surface area contributed by atoms with E-state index in [1.807, 2.05) is 5.32 Å². The van der Waals surface area contributed by atoms with Crippen molar-refractivity contribution in [3.05, 3.63) is 11.1 Å². The molecule has 0 radical (unpaired) electrons. The second-order valence-corrected chi connectivity index (χ2v) is 2.12. The van der Waals surface area contributed by atoms with Crippen LogP contribution in [0.2, 0.25) is 0 Å². The molecule has 5 heteroatoms. The number of amides is 1. The first-order chi connectivity index (χ1) is 5.50. The van der Waals surface area contributed by atoms with Crippen molar-refractivity contribution in [1.29, 1.82) is 5.26 Å². The molecular weight excluding hydrogens is 160 g/mol. The van der Waals surface area contributed by atoms with E-state index in [-0.39, 0.29) is 11.1 Å². The van der Waals surface area contributed by atoms with E-state index in [1.165, 1.54) is 20.0 Å². The minimum absolute atomic E-state index is 0.0315. The maximum atomic E-state index is 10.8. The third-order valence-corrected chi connectivity index (χ3v) is 1.39. The normalized spacial score (nSPS) is 11.1. The van der Waals surface area contributed by atoms with Gasteiger partial charge in [-0.25, -0.2) is 4.79 Å². The van der Waals surface area contributed by atoms with Crippen LogP contribution in [0, 0.1) is 11.5 Å². The molecule has 0 spiro atoms. The first-order valence-corrected chi connectivity index (χ1v) is 3.11. The van der Waals surface area contributed by atoms with Crippen molar-refractivity contribution in [2.24, 2.45) is 0 Å². The quantitative estimate of drug-likeness (QED) is 0.345. The first kappa shape index (κ1) is 10.2. The summed E-state index contributed by atoms with van der Waals surface area (Å²) in [6, 6.07) is 0. The summed E-state index contributed by atoms with van der Waals surface area (Å²) >= 11 is 0. The largest absolute Gasteiger partial charge is 0.478 e. The lowest BCUT2D eigenvalue weighted by atomic mass is 10.1. The summed E-state index contributed by atoms with van der Waals surface area (Å²) in [4.78, 5) is 21.2. The molecule has 5 nitrogen and oxygen atoms in total. The number of nitrogens with zero attached hydrogens (tertiary/aromatic N) is 1. The Morgan fingerprint density at radius 1 is 1.33 bits per heavy atom. The summed E-state index contributed by atoms with van der Waals surface area (Å²) in [5.41, 5.74) is -0.0354. The highest BCUT2D eigenvalue weighted by atomic mass is 16.4. The van der Waals surface area contributed by atoms with Crippen LogP contribution in [0.1, 0.15) is 13.8 Å². The topological polar surface area (TPSA) is 90.2 Å². The summed E-state index contributed by atoms with van der Waals surface area (Å²) in [5.74, 6) is -1.85. The molecule has 0 bridgehead atoms. The molecule has 0 aliphatic carbocycles. The fourth-order valence-electron chi connectivity index (χ4n) is 0.475. The number of carboxylic acids is 1. The van der Waals surface area contributed by atoms with Gasteiger partial charge in [-0.05, 0) is 13.8 Å². The number of aliphatic carboxylic acids is 1. The lowest BCUT2D eigenvalue weighted by molar-refractivity contribution is -0.133. The van der Waals surface area contributed by atoms with Crippen molar-refractivity contribution < 1.29 is 14.7 Å². The smallest absolute Gasteiger partial charge is 0.331 e. The van der Waals surface area contributed by atoms with E-state index in [9.17, 15) is 9.59 Å². The van der Waals surface area contributed by atoms with Gasteiger partial charge in [-0.15, -0.1) is 0 Å². The van der Waals surface area contributed by atoms with Crippen LogP contribution in [-0.4, -0.2) is 17.0 Å². The number of carbonyl (C=O) groups is 2. The van der Waals surface area contributed by atoms with Crippen LogP contribution in [0.3, 0.4) is 0 Å². The van der Waals surface area contributed by atoms with E-state index >= 15 is 0 Å². The molecule has 1 amide bonds. The number of nitrogens with one attached hydrogen (secondary N) is 1. The minimum atomic E-state index is -1.17. The highest BCUT2D eigenvalue weighted by molar-refractivity contribution is 6.01. The maximum Gasteiger partial charge on any atom is 0.331 e. The lowest BCUT2D eigenvalue weighted by Crippen LogP contribution is -2.20. The molecule has 0 fully saturated rings. The summed E-state index contributed by atoms with van der Waals surface area (Å²) in [7, 11) is 0. The van der Waals surface area contributed by atoms with Crippen molar-refractivity contribution in [3.63, 3.8) is 0 Å². The molecule has 0 aromatic carbocycles. The van der Waals surface area contributed by atoms with Crippen molar-refractivity contribution >= 4 is 11.9 Å². The molecule has 0 aromatic heterocycles. The predicted molar refractivity (Wildman–Crippen MR) is 39.8 cm³/mol. The van der Waals surface area contributed by atoms with Crippen LogP contribution in [0.4, 0.5) is 0 Å². The Morgan fingerprint density at radius 2 is 1.83 bits per heavy atom. The second-order valence-electron chi connectivity index (χ2n) is 2.12. The average molecular weight is 168 g/mol. The molecule has 12 heavy (non-hydrogen) atoms. The molecular formula is C7H8N2O3. The second kappa shape index (κ2) is 4.13. The zero-order chi connectivity index (χ0) is 9.72. The lowest BCUT2D eigenvalue weighted by Gasteiger charge is -1.99. The highest BCUT2D eigenvalue weighted by Gasteiger charge is 2.11. The van der Waals surface area contributed by atoms with E-state index < -0.39 is 11.9 Å². The van der Waals surface area contributed by atoms with Gasteiger partial charge in [0.15, 0.2) is 6.19 Å². The molecule has 0 saturated carbocycles. The SMILES string of the molecule is CC(C(=O)O)=C(C)C(=O)NC#N. The minimum Gasteiger partial charge on any atom is -0.478 e. The predicted octanol–water partition coefficient (Wildman–Crippen LogP) is 0.00468. The number of nitriles is 1. The molecule has 0 unspecified atom stereocenters. The Bertz CT molecular complexity index is 286. The van der Waals surface area contributed by atoms with Crippen LogP contribution < -0.4 is 5.32 Å². The Kier molecular flexibility index (Phi) is 3.50. The average Bonchev–Trinajstić information content (AvgIpc) is 2.02. The monoisotopic (exact) mass is 168 g/mol. The van der Waals surface area contributed by atoms with Crippen molar-refractivity contribution in [3.8, 4) is 6.19 Å². The van der Waals surface area contributed by atoms with Gasteiger partial charge >= 0.3 is 5.97 Å². The Labute approximate surface area is 69.3 Å². The van der Waals surface area contributed by atoms with Gasteiger partial charge in [0.2, 0.25) is 0 Å². The van der Waals surface area contributed by atoms with Crippen molar-refractivity contribution in [2.45, 2.75) is 13.8 Å². The van der Waals surface area contributed by atoms with Gasteiger partial charge in [0.05, 0.1) is 0 Å². The van der Waals surface area contributed by atoms with Crippen LogP contribution in [0.15, 0.2) is 11.1 Å². The molecule has 64 valence electrons. The van der Waals surface area contributed by atoms with E-state index in [4.69, 9.17) is 10.4 Å². The maximum absolute atomic E-state index is 10.8. The van der Waals surface area contributed by atoms with Gasteiger partial charge in [0.25, 0.3) is 5.91 Å². The van der Waals surface area contributed by atoms with Crippen molar-refractivity contribution in [1.82, 2.24) is 5.32 Å². The van der Waals surface area contributed by atoms with E-state index in [2.05, 4.69) is 0 Å². The van der Waals surface area contributed by atoms with E-state index in [1.54, 1.807) is 0 Å². The van der Waals surface area contributed by atoms with Crippen LogP contribution in [0.5, 0.6) is 0 Å². The number of hydrogen-bond acceptors (Lipinski definition) is 3. The van der Waals surface area contributed by atoms with E-state index in [0.29, 0.717) is 0 Å². The Balaban J connectivity index is 4.69. The first-order valence-electron chi connectivity index (χ1n) is 3.11. The van der Waals surface area contributed by atoms with Gasteiger partial charge in [-0.3, -0.25) is 10.1 Å². The molecule has 0 atom stereocenters. The summed E-state index contributed by atoms with van der Waals surface area (Å²) in [6.45, 7) is 2.64. The molecule has 0 aliphatic heterocycles. The molecule has 2 N–H and O–H groups in total. The standard InChI is InChI=1S/C7H8N2O3/c1-4(5(2)7(11)12)6(10)9-3-8/h1-2H3,(H,9,10)(H,11,12). The molecule has 0 rings (SSSR count). The van der Waals surface area contributed by atoms with Crippen molar-refractivity contribution in [2.75, 3.05) is 0 Å². The molecule has 0 aromatic rings. The van der Waals surface area contributed by atoms with Gasteiger partial charge < -0.3 is 5.11 Å². The van der Waals surface area contributed by atoms with Crippen LogP contribution >= 0.6 is 0 Å². The Hall–Kier alpha value is -1.83. The van der Waals surface area contributed by atoms with E-state index in [0.717, 1.165) is 0 Å². The van der Waals surface area contributed by atoms with Gasteiger partial charge in [0, 0.05) is 11.1 Å². The number of hydrogen-bond donors (Lipinski definition) is 2. The Morgan fingerprint density at radius 3 is 2.17 bits per heavy atom. The zero-order valence-electron chi connectivity index (χ0n) is 6.71. The molecule has 0 saturated heterocycles. The zero-order valence-corrected chi connectivity index (χ0v) is 6.71. The fraction of sp³-hybridized carbons (Fsp3) is 0.286. The van der Waals surface area contributed by atoms with Crippen LogP contribution in [-0.2, 0) is 9.59 Å². The number of carboxylic acid groups (broad SMARTS) is 1.